The molecule has 1 aliphatic carbocycles. The van der Waals surface area contributed by atoms with E-state index in [1.165, 1.54) is 118 Å². The van der Waals surface area contributed by atoms with E-state index in [1.807, 2.05) is 0 Å². The van der Waals surface area contributed by atoms with Gasteiger partial charge in [-0.3, -0.25) is 0 Å². The van der Waals surface area contributed by atoms with E-state index in [4.69, 9.17) is 0 Å². The second-order valence-electron chi connectivity index (χ2n) is 12.4. The summed E-state index contributed by atoms with van der Waals surface area (Å²) >= 11 is 0. The SMILES string of the molecule is CCCCCCCCC1(CCCCCCCC)c2ccccc2-c2c(N(c3ccccc3)c3ccccc3)cccc21. The van der Waals surface area contributed by atoms with Gasteiger partial charge < -0.3 is 4.90 Å². The third-order valence-corrected chi connectivity index (χ3v) is 9.45. The average Bonchev–Trinajstić information content (AvgIpc) is 3.32. The smallest absolute Gasteiger partial charge is 0.0543 e. The van der Waals surface area contributed by atoms with Crippen LogP contribution in [0.2, 0.25) is 0 Å². The van der Waals surface area contributed by atoms with Gasteiger partial charge in [-0.15, -0.1) is 0 Å². The van der Waals surface area contributed by atoms with Crippen LogP contribution in [0.25, 0.3) is 11.1 Å². The molecule has 0 heterocycles. The number of benzene rings is 4. The Kier molecular flexibility index (Phi) is 10.9. The Morgan fingerprint density at radius 3 is 1.50 bits per heavy atom. The van der Waals surface area contributed by atoms with Gasteiger partial charge in [-0.1, -0.05) is 164 Å². The summed E-state index contributed by atoms with van der Waals surface area (Å²) in [4.78, 5) is 2.47. The predicted molar refractivity (Wildman–Crippen MR) is 183 cm³/mol. The summed E-state index contributed by atoms with van der Waals surface area (Å²) in [6.45, 7) is 4.63. The normalized spacial score (nSPS) is 13.1. The standard InChI is InChI=1S/C41H51N/c1-3-5-7-9-11-21-32-41(33-22-12-10-8-6-4-2)37-29-20-19-28-36(37)40-38(41)30-23-31-39(40)42(34-24-15-13-16-25-34)35-26-17-14-18-27-35/h13-20,23-31H,3-12,21-22,32-33H2,1-2H3. The van der Waals surface area contributed by atoms with Gasteiger partial charge in [-0.05, 0) is 59.9 Å². The van der Waals surface area contributed by atoms with E-state index in [1.54, 1.807) is 11.1 Å². The molecule has 0 amide bonds. The van der Waals surface area contributed by atoms with E-state index in [2.05, 4.69) is 122 Å². The quantitative estimate of drug-likeness (QED) is 0.117. The lowest BCUT2D eigenvalue weighted by atomic mass is 9.70. The molecule has 0 unspecified atom stereocenters. The van der Waals surface area contributed by atoms with Crippen molar-refractivity contribution in [3.05, 3.63) is 114 Å². The molecule has 4 aromatic carbocycles. The van der Waals surface area contributed by atoms with Crippen molar-refractivity contribution in [3.8, 4) is 11.1 Å². The van der Waals surface area contributed by atoms with Crippen molar-refractivity contribution in [3.63, 3.8) is 0 Å². The second-order valence-corrected chi connectivity index (χ2v) is 12.4. The van der Waals surface area contributed by atoms with Crippen LogP contribution in [0.5, 0.6) is 0 Å². The Morgan fingerprint density at radius 2 is 0.929 bits per heavy atom. The maximum atomic E-state index is 2.47. The number of rotatable bonds is 17. The third kappa shape index (κ3) is 6.67. The average molecular weight is 558 g/mol. The molecule has 42 heavy (non-hydrogen) atoms. The molecular formula is C41H51N. The van der Waals surface area contributed by atoms with Crippen molar-refractivity contribution in [1.29, 1.82) is 0 Å². The molecule has 1 nitrogen and oxygen atoms in total. The topological polar surface area (TPSA) is 3.24 Å². The van der Waals surface area contributed by atoms with E-state index in [9.17, 15) is 0 Å². The van der Waals surface area contributed by atoms with Crippen LogP contribution in [0.4, 0.5) is 17.1 Å². The summed E-state index contributed by atoms with van der Waals surface area (Å²) in [6.07, 6.45) is 18.6. The summed E-state index contributed by atoms with van der Waals surface area (Å²) in [5.74, 6) is 0. The zero-order valence-corrected chi connectivity index (χ0v) is 26.2. The predicted octanol–water partition coefficient (Wildman–Crippen LogP) is 12.9. The summed E-state index contributed by atoms with van der Waals surface area (Å²) in [7, 11) is 0. The van der Waals surface area contributed by atoms with Crippen LogP contribution in [0, 0.1) is 0 Å². The highest BCUT2D eigenvalue weighted by atomic mass is 15.1. The maximum Gasteiger partial charge on any atom is 0.0543 e. The van der Waals surface area contributed by atoms with Gasteiger partial charge in [-0.2, -0.15) is 0 Å². The van der Waals surface area contributed by atoms with Gasteiger partial charge >= 0.3 is 0 Å². The Morgan fingerprint density at radius 1 is 0.452 bits per heavy atom. The first kappa shape index (κ1) is 30.1. The minimum Gasteiger partial charge on any atom is -0.310 e. The fourth-order valence-electron chi connectivity index (χ4n) is 7.33. The Balaban J connectivity index is 1.58. The molecule has 0 spiro atoms. The highest BCUT2D eigenvalue weighted by molar-refractivity contribution is 5.95. The van der Waals surface area contributed by atoms with E-state index in [-0.39, 0.29) is 5.41 Å². The Labute approximate surface area is 256 Å². The number of anilines is 3. The number of unbranched alkanes of at least 4 members (excludes halogenated alkanes) is 10. The summed E-state index contributed by atoms with van der Waals surface area (Å²) in [5, 5.41) is 0. The lowest BCUT2D eigenvalue weighted by molar-refractivity contribution is 0.398. The van der Waals surface area contributed by atoms with Crippen LogP contribution >= 0.6 is 0 Å². The third-order valence-electron chi connectivity index (χ3n) is 9.45. The van der Waals surface area contributed by atoms with Crippen LogP contribution in [0.3, 0.4) is 0 Å². The zero-order valence-electron chi connectivity index (χ0n) is 26.2. The molecule has 220 valence electrons. The minimum atomic E-state index is 0.0937. The molecule has 0 aliphatic heterocycles. The summed E-state index contributed by atoms with van der Waals surface area (Å²) in [5.41, 5.74) is 9.81. The van der Waals surface area contributed by atoms with Crippen LogP contribution in [0.15, 0.2) is 103 Å². The molecule has 5 rings (SSSR count). The molecule has 0 saturated heterocycles. The minimum absolute atomic E-state index is 0.0937. The highest BCUT2D eigenvalue weighted by Gasteiger charge is 2.43. The van der Waals surface area contributed by atoms with E-state index in [0.717, 1.165) is 0 Å². The molecule has 1 aliphatic rings. The second kappa shape index (κ2) is 15.2. The number of hydrogen-bond acceptors (Lipinski definition) is 1. The van der Waals surface area contributed by atoms with Gasteiger partial charge in [0.1, 0.15) is 0 Å². The fourth-order valence-corrected chi connectivity index (χ4v) is 7.33. The lowest BCUT2D eigenvalue weighted by Gasteiger charge is -2.33. The maximum absolute atomic E-state index is 2.47. The number of hydrogen-bond donors (Lipinski definition) is 0. The number of nitrogens with zero attached hydrogens (tertiary/aromatic N) is 1. The monoisotopic (exact) mass is 557 g/mol. The summed E-state index contributed by atoms with van der Waals surface area (Å²) < 4.78 is 0. The van der Waals surface area contributed by atoms with Crippen molar-refractivity contribution >= 4 is 17.1 Å². The van der Waals surface area contributed by atoms with E-state index >= 15 is 0 Å². The van der Waals surface area contributed by atoms with Gasteiger partial charge in [0.25, 0.3) is 0 Å². The van der Waals surface area contributed by atoms with Crippen LogP contribution in [-0.4, -0.2) is 0 Å². The van der Waals surface area contributed by atoms with Crippen molar-refractivity contribution in [2.24, 2.45) is 0 Å². The molecule has 0 bridgehead atoms. The summed E-state index contributed by atoms with van der Waals surface area (Å²) in [6, 6.07) is 38.4. The van der Waals surface area contributed by atoms with Gasteiger partial charge in [0.15, 0.2) is 0 Å². The molecule has 1 heteroatoms. The van der Waals surface area contributed by atoms with Gasteiger partial charge in [0.2, 0.25) is 0 Å². The molecule has 0 fully saturated rings. The Hall–Kier alpha value is -3.32. The van der Waals surface area contributed by atoms with Gasteiger partial charge in [0.05, 0.1) is 5.69 Å². The highest BCUT2D eigenvalue weighted by Crippen LogP contribution is 2.58. The zero-order chi connectivity index (χ0) is 29.0. The van der Waals surface area contributed by atoms with Crippen molar-refractivity contribution < 1.29 is 0 Å². The van der Waals surface area contributed by atoms with Crippen molar-refractivity contribution in [2.45, 2.75) is 109 Å². The van der Waals surface area contributed by atoms with Gasteiger partial charge in [-0.25, -0.2) is 0 Å². The molecule has 4 aromatic rings. The first-order valence-corrected chi connectivity index (χ1v) is 16.9. The molecular weight excluding hydrogens is 506 g/mol. The largest absolute Gasteiger partial charge is 0.310 e. The van der Waals surface area contributed by atoms with E-state index in [0.29, 0.717) is 0 Å². The van der Waals surface area contributed by atoms with Crippen LogP contribution in [0.1, 0.15) is 115 Å². The lowest BCUT2D eigenvalue weighted by Crippen LogP contribution is -2.25. The van der Waals surface area contributed by atoms with Crippen molar-refractivity contribution in [2.75, 3.05) is 4.90 Å². The molecule has 0 N–H and O–H groups in total. The molecule has 0 atom stereocenters. The first-order valence-electron chi connectivity index (χ1n) is 16.9. The van der Waals surface area contributed by atoms with Crippen molar-refractivity contribution in [1.82, 2.24) is 0 Å². The van der Waals surface area contributed by atoms with Crippen LogP contribution in [-0.2, 0) is 5.41 Å². The molecule has 0 saturated carbocycles. The number of fused-ring (bicyclic) bond motifs is 3. The Bertz CT molecular complexity index is 1300. The fraction of sp³-hybridized carbons (Fsp3) is 0.415. The van der Waals surface area contributed by atoms with Crippen LogP contribution < -0.4 is 4.90 Å². The van der Waals surface area contributed by atoms with Gasteiger partial charge in [0, 0.05) is 22.4 Å². The van der Waals surface area contributed by atoms with E-state index < -0.39 is 0 Å². The first-order chi connectivity index (χ1) is 20.8. The molecule has 0 aromatic heterocycles. The molecule has 0 radical (unpaired) electrons. The number of para-hydroxylation sites is 2.